The van der Waals surface area contributed by atoms with E-state index in [4.69, 9.17) is 4.84 Å². The van der Waals surface area contributed by atoms with Gasteiger partial charge in [-0.15, -0.1) is 0 Å². The quantitative estimate of drug-likeness (QED) is 0.890. The first-order valence-corrected chi connectivity index (χ1v) is 5.49. The molecule has 96 valence electrons. The van der Waals surface area contributed by atoms with E-state index in [-0.39, 0.29) is 12.0 Å². The summed E-state index contributed by atoms with van der Waals surface area (Å²) in [4.78, 5) is 15.8. The molecule has 1 atom stereocenters. The molecule has 4 nitrogen and oxygen atoms in total. The van der Waals surface area contributed by atoms with Gasteiger partial charge in [0.25, 0.3) is 0 Å². The molecule has 6 heteroatoms. The first-order chi connectivity index (χ1) is 8.56. The molecule has 2 rings (SSSR count). The van der Waals surface area contributed by atoms with Crippen molar-refractivity contribution in [3.05, 3.63) is 35.4 Å². The topological polar surface area (TPSA) is 50.7 Å². The van der Waals surface area contributed by atoms with Gasteiger partial charge in [0.2, 0.25) is 5.91 Å². The van der Waals surface area contributed by atoms with Crippen LogP contribution >= 0.6 is 0 Å². The van der Waals surface area contributed by atoms with E-state index in [9.17, 15) is 13.6 Å². The number of amides is 1. The third-order valence-electron chi connectivity index (χ3n) is 2.56. The molecule has 0 aromatic heterocycles. The molecule has 18 heavy (non-hydrogen) atoms. The van der Waals surface area contributed by atoms with Gasteiger partial charge < -0.3 is 10.2 Å². The van der Waals surface area contributed by atoms with Gasteiger partial charge in [-0.1, -0.05) is 5.16 Å². The number of nitrogens with one attached hydrogen (secondary N) is 1. The fraction of sp³-hybridized carbons (Fsp3) is 0.333. The van der Waals surface area contributed by atoms with E-state index >= 15 is 0 Å². The number of hydrogen-bond acceptors (Lipinski definition) is 3. The molecular formula is C12H12F2N2O2. The molecular weight excluding hydrogens is 242 g/mol. The van der Waals surface area contributed by atoms with Crippen molar-refractivity contribution in [1.29, 1.82) is 0 Å². The average molecular weight is 254 g/mol. The maximum absolute atomic E-state index is 13.1. The van der Waals surface area contributed by atoms with Gasteiger partial charge in [0.1, 0.15) is 6.10 Å². The molecule has 1 heterocycles. The van der Waals surface area contributed by atoms with E-state index in [1.807, 2.05) is 0 Å². The monoisotopic (exact) mass is 254 g/mol. The maximum Gasteiger partial charge on any atom is 0.217 e. The van der Waals surface area contributed by atoms with E-state index < -0.39 is 11.6 Å². The Bertz CT molecular complexity index is 503. The van der Waals surface area contributed by atoms with Gasteiger partial charge >= 0.3 is 0 Å². The van der Waals surface area contributed by atoms with Crippen molar-refractivity contribution in [2.75, 3.05) is 6.54 Å². The molecule has 1 N–H and O–H groups in total. The second-order valence-corrected chi connectivity index (χ2v) is 4.04. The summed E-state index contributed by atoms with van der Waals surface area (Å²) in [5.74, 6) is -1.96. The molecule has 1 aliphatic heterocycles. The largest absolute Gasteiger partial charge is 0.390 e. The Kier molecular flexibility index (Phi) is 3.55. The Morgan fingerprint density at radius 1 is 1.50 bits per heavy atom. The fourth-order valence-electron chi connectivity index (χ4n) is 1.64. The summed E-state index contributed by atoms with van der Waals surface area (Å²) in [6, 6.07) is 3.58. The van der Waals surface area contributed by atoms with Crippen LogP contribution in [0.2, 0.25) is 0 Å². The molecule has 0 bridgehead atoms. The van der Waals surface area contributed by atoms with E-state index in [2.05, 4.69) is 10.5 Å². The standard InChI is InChI=1S/C12H12F2N2O2/c1-7(17)15-6-9-5-12(16-18-9)8-2-3-10(13)11(14)4-8/h2-4,9H,5-6H2,1H3,(H,15,17). The zero-order valence-electron chi connectivity index (χ0n) is 9.74. The van der Waals surface area contributed by atoms with Crippen molar-refractivity contribution in [3.8, 4) is 0 Å². The van der Waals surface area contributed by atoms with Gasteiger partial charge in [-0.05, 0) is 18.2 Å². The van der Waals surface area contributed by atoms with E-state index in [1.165, 1.54) is 13.0 Å². The minimum Gasteiger partial charge on any atom is -0.390 e. The Morgan fingerprint density at radius 2 is 2.28 bits per heavy atom. The lowest BCUT2D eigenvalue weighted by molar-refractivity contribution is -0.119. The summed E-state index contributed by atoms with van der Waals surface area (Å²) in [5.41, 5.74) is 1.03. The van der Waals surface area contributed by atoms with Gasteiger partial charge in [0.05, 0.1) is 12.3 Å². The number of carbonyl (C=O) groups excluding carboxylic acids is 1. The van der Waals surface area contributed by atoms with Crippen molar-refractivity contribution < 1.29 is 18.4 Å². The van der Waals surface area contributed by atoms with Crippen LogP contribution in [0, 0.1) is 11.6 Å². The first-order valence-electron chi connectivity index (χ1n) is 5.49. The molecule has 0 aliphatic carbocycles. The molecule has 1 unspecified atom stereocenters. The summed E-state index contributed by atoms with van der Waals surface area (Å²) < 4.78 is 25.8. The smallest absolute Gasteiger partial charge is 0.217 e. The van der Waals surface area contributed by atoms with Crippen molar-refractivity contribution in [3.63, 3.8) is 0 Å². The van der Waals surface area contributed by atoms with Gasteiger partial charge in [0, 0.05) is 18.9 Å². The third kappa shape index (κ3) is 2.82. The van der Waals surface area contributed by atoms with Crippen molar-refractivity contribution in [2.45, 2.75) is 19.4 Å². The summed E-state index contributed by atoms with van der Waals surface area (Å²) in [6.07, 6.45) is 0.183. The van der Waals surface area contributed by atoms with Gasteiger partial charge in [-0.2, -0.15) is 0 Å². The predicted molar refractivity (Wildman–Crippen MR) is 61.1 cm³/mol. The summed E-state index contributed by atoms with van der Waals surface area (Å²) in [7, 11) is 0. The highest BCUT2D eigenvalue weighted by Crippen LogP contribution is 2.18. The fourth-order valence-corrected chi connectivity index (χ4v) is 1.64. The minimum atomic E-state index is -0.916. The molecule has 1 aromatic rings. The van der Waals surface area contributed by atoms with Crippen LogP contribution in [-0.2, 0) is 9.63 Å². The predicted octanol–water partition coefficient (Wildman–Crippen LogP) is 1.59. The Labute approximate surface area is 103 Å². The number of benzene rings is 1. The molecule has 0 saturated carbocycles. The van der Waals surface area contributed by atoms with E-state index in [0.717, 1.165) is 12.1 Å². The lowest BCUT2D eigenvalue weighted by atomic mass is 10.0. The second kappa shape index (κ2) is 5.12. The number of carbonyl (C=O) groups is 1. The number of oxime groups is 1. The van der Waals surface area contributed by atoms with Gasteiger partial charge in [0.15, 0.2) is 11.6 Å². The first kappa shape index (κ1) is 12.5. The molecule has 1 amide bonds. The highest BCUT2D eigenvalue weighted by molar-refractivity contribution is 6.01. The van der Waals surface area contributed by atoms with Crippen molar-refractivity contribution in [1.82, 2.24) is 5.32 Å². The molecule has 1 aromatic carbocycles. The number of hydrogen-bond donors (Lipinski definition) is 1. The number of halogens is 2. The van der Waals surface area contributed by atoms with Crippen LogP contribution < -0.4 is 5.32 Å². The Hall–Kier alpha value is -1.98. The molecule has 1 aliphatic rings. The van der Waals surface area contributed by atoms with Crippen LogP contribution in [-0.4, -0.2) is 24.3 Å². The third-order valence-corrected chi connectivity index (χ3v) is 2.56. The zero-order valence-corrected chi connectivity index (χ0v) is 9.74. The van der Waals surface area contributed by atoms with Crippen LogP contribution in [0.3, 0.4) is 0 Å². The average Bonchev–Trinajstić information content (AvgIpc) is 2.79. The van der Waals surface area contributed by atoms with Crippen molar-refractivity contribution >= 4 is 11.6 Å². The van der Waals surface area contributed by atoms with Gasteiger partial charge in [-0.3, -0.25) is 4.79 Å². The molecule has 0 radical (unpaired) electrons. The summed E-state index contributed by atoms with van der Waals surface area (Å²) in [5, 5.41) is 6.42. The van der Waals surface area contributed by atoms with Gasteiger partial charge in [-0.25, -0.2) is 8.78 Å². The van der Waals surface area contributed by atoms with Crippen LogP contribution in [0.25, 0.3) is 0 Å². The highest BCUT2D eigenvalue weighted by atomic mass is 19.2. The number of nitrogens with zero attached hydrogens (tertiary/aromatic N) is 1. The maximum atomic E-state index is 13.1. The second-order valence-electron chi connectivity index (χ2n) is 4.04. The summed E-state index contributed by atoms with van der Waals surface area (Å²) in [6.45, 7) is 1.75. The van der Waals surface area contributed by atoms with E-state index in [0.29, 0.717) is 24.2 Å². The lowest BCUT2D eigenvalue weighted by Crippen LogP contribution is -2.30. The SMILES string of the molecule is CC(=O)NCC1CC(c2ccc(F)c(F)c2)=NO1. The normalized spacial score (nSPS) is 18.2. The molecule has 0 spiro atoms. The van der Waals surface area contributed by atoms with Crippen LogP contribution in [0.1, 0.15) is 18.9 Å². The highest BCUT2D eigenvalue weighted by Gasteiger charge is 2.22. The zero-order chi connectivity index (χ0) is 13.1. The van der Waals surface area contributed by atoms with Crippen LogP contribution in [0.5, 0.6) is 0 Å². The van der Waals surface area contributed by atoms with Crippen LogP contribution in [0.4, 0.5) is 8.78 Å². The Morgan fingerprint density at radius 3 is 2.94 bits per heavy atom. The Balaban J connectivity index is 1.99. The van der Waals surface area contributed by atoms with Crippen LogP contribution in [0.15, 0.2) is 23.4 Å². The van der Waals surface area contributed by atoms with E-state index in [1.54, 1.807) is 0 Å². The number of rotatable bonds is 3. The lowest BCUT2D eigenvalue weighted by Gasteiger charge is -2.07. The van der Waals surface area contributed by atoms with Crippen molar-refractivity contribution in [2.24, 2.45) is 5.16 Å². The molecule has 0 saturated heterocycles. The minimum absolute atomic E-state index is 0.153. The summed E-state index contributed by atoms with van der Waals surface area (Å²) >= 11 is 0. The molecule has 0 fully saturated rings.